The van der Waals surface area contributed by atoms with Crippen molar-refractivity contribution in [3.63, 3.8) is 0 Å². The number of carbonyl (C=O) groups is 3. The van der Waals surface area contributed by atoms with Gasteiger partial charge >= 0.3 is 6.03 Å². The highest BCUT2D eigenvalue weighted by Crippen LogP contribution is 2.31. The number of nitrogens with zero attached hydrogens (tertiary/aromatic N) is 1. The van der Waals surface area contributed by atoms with Crippen molar-refractivity contribution in [3.8, 4) is 0 Å². The Hall–Kier alpha value is -3.29. The standard InChI is InChI=1S/C22H23F2N3O3/c1-4-14-5-7-15(8-6-14)13(2)25-19(28)12-27-20(29)22(3,26-21(27)30)17-11-16(23)9-10-18(17)24/h5-11,13H,4,12H2,1-3H3,(H,25,28)(H,26,30)/t13-,22-/m0/s1. The summed E-state index contributed by atoms with van der Waals surface area (Å²) < 4.78 is 27.8. The molecular formula is C22H23F2N3O3. The Labute approximate surface area is 173 Å². The fourth-order valence-electron chi connectivity index (χ4n) is 3.46. The van der Waals surface area contributed by atoms with Crippen molar-refractivity contribution in [3.05, 3.63) is 70.8 Å². The topological polar surface area (TPSA) is 78.5 Å². The number of urea groups is 1. The van der Waals surface area contributed by atoms with E-state index in [1.165, 1.54) is 12.5 Å². The van der Waals surface area contributed by atoms with Crippen molar-refractivity contribution in [1.29, 1.82) is 0 Å². The van der Waals surface area contributed by atoms with E-state index < -0.39 is 41.6 Å². The van der Waals surface area contributed by atoms with E-state index >= 15 is 0 Å². The molecule has 1 aliphatic heterocycles. The van der Waals surface area contributed by atoms with E-state index in [2.05, 4.69) is 10.6 Å². The first-order valence-corrected chi connectivity index (χ1v) is 9.63. The molecule has 0 spiro atoms. The Balaban J connectivity index is 1.71. The molecule has 0 unspecified atom stereocenters. The van der Waals surface area contributed by atoms with Gasteiger partial charge in [-0.25, -0.2) is 13.6 Å². The van der Waals surface area contributed by atoms with Crippen LogP contribution in [-0.4, -0.2) is 29.3 Å². The number of halogens is 2. The minimum Gasteiger partial charge on any atom is -0.348 e. The van der Waals surface area contributed by atoms with Crippen LogP contribution in [0.4, 0.5) is 13.6 Å². The van der Waals surface area contributed by atoms with Crippen LogP contribution >= 0.6 is 0 Å². The smallest absolute Gasteiger partial charge is 0.325 e. The number of rotatable bonds is 6. The minimum atomic E-state index is -1.80. The number of benzene rings is 2. The van der Waals surface area contributed by atoms with Gasteiger partial charge in [0.2, 0.25) is 5.91 Å². The third-order valence-electron chi connectivity index (χ3n) is 5.31. The van der Waals surface area contributed by atoms with Crippen LogP contribution in [0.25, 0.3) is 0 Å². The van der Waals surface area contributed by atoms with Gasteiger partial charge in [-0.2, -0.15) is 0 Å². The number of carbonyl (C=O) groups excluding carboxylic acids is 3. The van der Waals surface area contributed by atoms with Crippen LogP contribution in [0, 0.1) is 11.6 Å². The Kier molecular flexibility index (Phi) is 5.87. The van der Waals surface area contributed by atoms with Crippen molar-refractivity contribution in [2.75, 3.05) is 6.54 Å². The van der Waals surface area contributed by atoms with E-state index in [0.717, 1.165) is 30.2 Å². The molecule has 1 aliphatic rings. The SMILES string of the molecule is CCc1ccc([C@H](C)NC(=O)CN2C(=O)N[C@@](C)(c3cc(F)ccc3F)C2=O)cc1. The van der Waals surface area contributed by atoms with Gasteiger partial charge in [0.1, 0.15) is 23.7 Å². The average Bonchev–Trinajstić information content (AvgIpc) is 2.93. The highest BCUT2D eigenvalue weighted by molar-refractivity contribution is 6.09. The van der Waals surface area contributed by atoms with Gasteiger partial charge in [0.25, 0.3) is 5.91 Å². The number of hydrogen-bond donors (Lipinski definition) is 2. The van der Waals surface area contributed by atoms with Crippen LogP contribution in [0.2, 0.25) is 0 Å². The monoisotopic (exact) mass is 415 g/mol. The predicted molar refractivity (Wildman–Crippen MR) is 106 cm³/mol. The van der Waals surface area contributed by atoms with Gasteiger partial charge in [0.15, 0.2) is 0 Å². The van der Waals surface area contributed by atoms with Gasteiger partial charge in [-0.05, 0) is 49.6 Å². The largest absolute Gasteiger partial charge is 0.348 e. The molecule has 4 amide bonds. The van der Waals surface area contributed by atoms with Gasteiger partial charge in [0.05, 0.1) is 6.04 Å². The molecule has 1 fully saturated rings. The Morgan fingerprint density at radius 1 is 1.17 bits per heavy atom. The summed E-state index contributed by atoms with van der Waals surface area (Å²) in [6.45, 7) is 4.58. The van der Waals surface area contributed by atoms with Crippen LogP contribution in [0.15, 0.2) is 42.5 Å². The summed E-state index contributed by atoms with van der Waals surface area (Å²) in [5.41, 5.74) is -0.0523. The molecule has 2 aromatic carbocycles. The highest BCUT2D eigenvalue weighted by Gasteiger charge is 2.50. The number of aryl methyl sites for hydroxylation is 1. The van der Waals surface area contributed by atoms with Gasteiger partial charge in [-0.3, -0.25) is 14.5 Å². The van der Waals surface area contributed by atoms with Crippen LogP contribution < -0.4 is 10.6 Å². The molecular weight excluding hydrogens is 392 g/mol. The van der Waals surface area contributed by atoms with E-state index in [1.807, 2.05) is 31.2 Å². The van der Waals surface area contributed by atoms with Gasteiger partial charge in [-0.15, -0.1) is 0 Å². The molecule has 2 atom stereocenters. The molecule has 0 bridgehead atoms. The first-order chi connectivity index (χ1) is 14.2. The number of imide groups is 1. The molecule has 1 heterocycles. The molecule has 0 saturated carbocycles. The van der Waals surface area contributed by atoms with Crippen molar-refractivity contribution in [2.24, 2.45) is 0 Å². The zero-order valence-corrected chi connectivity index (χ0v) is 17.0. The lowest BCUT2D eigenvalue weighted by atomic mass is 9.91. The Morgan fingerprint density at radius 3 is 2.47 bits per heavy atom. The fraction of sp³-hybridized carbons (Fsp3) is 0.318. The second kappa shape index (κ2) is 8.22. The molecule has 0 radical (unpaired) electrons. The van der Waals surface area contributed by atoms with E-state index in [4.69, 9.17) is 0 Å². The third kappa shape index (κ3) is 4.03. The summed E-state index contributed by atoms with van der Waals surface area (Å²) in [6, 6.07) is 9.22. The molecule has 0 aliphatic carbocycles. The van der Waals surface area contributed by atoms with Crippen LogP contribution in [0.1, 0.15) is 43.5 Å². The van der Waals surface area contributed by atoms with Crippen LogP contribution in [-0.2, 0) is 21.5 Å². The van der Waals surface area contributed by atoms with E-state index in [1.54, 1.807) is 6.92 Å². The van der Waals surface area contributed by atoms with Crippen molar-refractivity contribution in [2.45, 2.75) is 38.8 Å². The molecule has 2 aromatic rings. The molecule has 6 nitrogen and oxygen atoms in total. The van der Waals surface area contributed by atoms with Gasteiger partial charge < -0.3 is 10.6 Å². The molecule has 0 aromatic heterocycles. The Bertz CT molecular complexity index is 994. The van der Waals surface area contributed by atoms with Gasteiger partial charge in [-0.1, -0.05) is 31.2 Å². The molecule has 2 N–H and O–H groups in total. The number of hydrogen-bond acceptors (Lipinski definition) is 3. The lowest BCUT2D eigenvalue weighted by Crippen LogP contribution is -2.44. The summed E-state index contributed by atoms with van der Waals surface area (Å²) in [5.74, 6) is -2.95. The maximum absolute atomic E-state index is 14.2. The average molecular weight is 415 g/mol. The van der Waals surface area contributed by atoms with Crippen LogP contribution in [0.5, 0.6) is 0 Å². The highest BCUT2D eigenvalue weighted by atomic mass is 19.1. The first-order valence-electron chi connectivity index (χ1n) is 9.63. The second-order valence-electron chi connectivity index (χ2n) is 7.45. The maximum Gasteiger partial charge on any atom is 0.325 e. The minimum absolute atomic E-state index is 0.298. The lowest BCUT2D eigenvalue weighted by Gasteiger charge is -2.23. The number of amides is 4. The first kappa shape index (κ1) is 21.4. The normalized spacial score (nSPS) is 19.6. The zero-order chi connectivity index (χ0) is 22.1. The summed E-state index contributed by atoms with van der Waals surface area (Å²) in [7, 11) is 0. The van der Waals surface area contributed by atoms with E-state index in [0.29, 0.717) is 4.90 Å². The van der Waals surface area contributed by atoms with Gasteiger partial charge in [0, 0.05) is 5.56 Å². The van der Waals surface area contributed by atoms with Crippen molar-refractivity contribution >= 4 is 17.8 Å². The maximum atomic E-state index is 14.2. The predicted octanol–water partition coefficient (Wildman–Crippen LogP) is 3.17. The van der Waals surface area contributed by atoms with Crippen molar-refractivity contribution < 1.29 is 23.2 Å². The summed E-state index contributed by atoms with van der Waals surface area (Å²) in [4.78, 5) is 38.3. The molecule has 3 rings (SSSR count). The lowest BCUT2D eigenvalue weighted by molar-refractivity contribution is -0.135. The van der Waals surface area contributed by atoms with Crippen LogP contribution in [0.3, 0.4) is 0 Å². The summed E-state index contributed by atoms with van der Waals surface area (Å²) >= 11 is 0. The van der Waals surface area contributed by atoms with Crippen molar-refractivity contribution in [1.82, 2.24) is 15.5 Å². The quantitative estimate of drug-likeness (QED) is 0.712. The summed E-state index contributed by atoms with van der Waals surface area (Å²) in [6.07, 6.45) is 0.901. The fourth-order valence-corrected chi connectivity index (χ4v) is 3.46. The van der Waals surface area contributed by atoms with E-state index in [-0.39, 0.29) is 11.6 Å². The molecule has 30 heavy (non-hydrogen) atoms. The second-order valence-corrected chi connectivity index (χ2v) is 7.45. The molecule has 1 saturated heterocycles. The van der Waals surface area contributed by atoms with E-state index in [9.17, 15) is 23.2 Å². The molecule has 158 valence electrons. The Morgan fingerprint density at radius 2 is 1.83 bits per heavy atom. The number of nitrogens with one attached hydrogen (secondary N) is 2. The third-order valence-corrected chi connectivity index (χ3v) is 5.31. The zero-order valence-electron chi connectivity index (χ0n) is 17.0. The summed E-state index contributed by atoms with van der Waals surface area (Å²) in [5, 5.41) is 5.11. The molecule has 8 heteroatoms.